The molecule has 0 amide bonds. The van der Waals surface area contributed by atoms with Gasteiger partial charge in [-0.3, -0.25) is 0 Å². The first-order chi connectivity index (χ1) is 26.8. The van der Waals surface area contributed by atoms with Gasteiger partial charge in [-0.2, -0.15) is 0 Å². The lowest BCUT2D eigenvalue weighted by Gasteiger charge is -2.28. The Hall–Kier alpha value is -7.16. The van der Waals surface area contributed by atoms with E-state index in [1.54, 1.807) is 0 Å². The van der Waals surface area contributed by atoms with Crippen molar-refractivity contribution in [1.82, 2.24) is 0 Å². The molecule has 2 heteroatoms. The van der Waals surface area contributed by atoms with Gasteiger partial charge in [-0.1, -0.05) is 176 Å². The minimum Gasteiger partial charge on any atom is -0.453 e. The molecule has 0 unspecified atom stereocenters. The molecule has 0 bridgehead atoms. The topological polar surface area (TPSA) is 16.4 Å². The van der Waals surface area contributed by atoms with Crippen molar-refractivity contribution in [2.75, 3.05) is 4.90 Å². The first-order valence-electron chi connectivity index (χ1n) is 18.4. The van der Waals surface area contributed by atoms with Crippen LogP contribution in [-0.2, 0) is 0 Å². The van der Waals surface area contributed by atoms with Gasteiger partial charge in [-0.15, -0.1) is 0 Å². The molecule has 0 aliphatic rings. The van der Waals surface area contributed by atoms with E-state index in [0.29, 0.717) is 0 Å². The van der Waals surface area contributed by atoms with Crippen molar-refractivity contribution in [3.8, 4) is 44.5 Å². The maximum absolute atomic E-state index is 7.22. The number of nitrogens with zero attached hydrogens (tertiary/aromatic N) is 1. The molecule has 0 atom stereocenters. The number of fused-ring (bicyclic) bond motifs is 5. The Kier molecular flexibility index (Phi) is 7.85. The van der Waals surface area contributed by atoms with Gasteiger partial charge in [0.05, 0.1) is 5.69 Å². The third-order valence-electron chi connectivity index (χ3n) is 10.5. The molecule has 0 saturated carbocycles. The van der Waals surface area contributed by atoms with Crippen molar-refractivity contribution < 1.29 is 4.42 Å². The fourth-order valence-corrected chi connectivity index (χ4v) is 7.85. The molecule has 9 aromatic carbocycles. The lowest BCUT2D eigenvalue weighted by molar-refractivity contribution is 0.673. The third-order valence-corrected chi connectivity index (χ3v) is 10.5. The van der Waals surface area contributed by atoms with E-state index in [1.807, 2.05) is 0 Å². The van der Waals surface area contributed by atoms with Crippen LogP contribution in [0.4, 0.5) is 17.1 Å². The predicted molar refractivity (Wildman–Crippen MR) is 228 cm³/mol. The summed E-state index contributed by atoms with van der Waals surface area (Å²) in [5.41, 5.74) is 14.1. The zero-order valence-corrected chi connectivity index (χ0v) is 29.6. The standard InChI is InChI=1S/C52H35NO/c1-5-15-36(16-6-1)38-25-29-42(30-26-38)53(43-31-27-39(28-32-43)37-17-7-2-8-18-37)50-44(40-19-9-3-10-20-40)33-34-47-49-35-48(41-21-11-4-12-22-41)45-23-13-14-24-46(45)51(49)54-52(47)50/h1-35H. The normalized spacial score (nSPS) is 11.3. The minimum atomic E-state index is 0.848. The van der Waals surface area contributed by atoms with Crippen LogP contribution in [0.1, 0.15) is 0 Å². The molecule has 0 spiro atoms. The Balaban J connectivity index is 1.27. The van der Waals surface area contributed by atoms with Crippen LogP contribution in [0.5, 0.6) is 0 Å². The van der Waals surface area contributed by atoms with Crippen molar-refractivity contribution >= 4 is 49.8 Å². The van der Waals surface area contributed by atoms with E-state index < -0.39 is 0 Å². The molecular formula is C52H35NO. The Morgan fingerprint density at radius 2 is 0.685 bits per heavy atom. The Morgan fingerprint density at radius 1 is 0.278 bits per heavy atom. The van der Waals surface area contributed by atoms with Crippen molar-refractivity contribution in [1.29, 1.82) is 0 Å². The summed E-state index contributed by atoms with van der Waals surface area (Å²) in [6, 6.07) is 75.7. The number of hydrogen-bond donors (Lipinski definition) is 0. The fraction of sp³-hybridized carbons (Fsp3) is 0. The van der Waals surface area contributed by atoms with Gasteiger partial charge in [0, 0.05) is 33.1 Å². The zero-order chi connectivity index (χ0) is 35.8. The van der Waals surface area contributed by atoms with Crippen LogP contribution in [-0.4, -0.2) is 0 Å². The minimum absolute atomic E-state index is 0.848. The lowest BCUT2D eigenvalue weighted by Crippen LogP contribution is -2.11. The van der Waals surface area contributed by atoms with Crippen molar-refractivity contribution in [3.63, 3.8) is 0 Å². The highest BCUT2D eigenvalue weighted by Gasteiger charge is 2.25. The number of rotatable bonds is 7. The molecule has 0 radical (unpaired) electrons. The largest absolute Gasteiger partial charge is 0.453 e. The van der Waals surface area contributed by atoms with Gasteiger partial charge in [0.15, 0.2) is 5.58 Å². The second-order valence-corrected chi connectivity index (χ2v) is 13.7. The van der Waals surface area contributed by atoms with E-state index in [2.05, 4.69) is 217 Å². The summed E-state index contributed by atoms with van der Waals surface area (Å²) >= 11 is 0. The number of benzene rings is 9. The summed E-state index contributed by atoms with van der Waals surface area (Å²) in [4.78, 5) is 2.37. The van der Waals surface area contributed by atoms with Gasteiger partial charge < -0.3 is 9.32 Å². The van der Waals surface area contributed by atoms with Crippen LogP contribution >= 0.6 is 0 Å². The van der Waals surface area contributed by atoms with Gasteiger partial charge >= 0.3 is 0 Å². The molecule has 54 heavy (non-hydrogen) atoms. The van der Waals surface area contributed by atoms with Gasteiger partial charge in [0.25, 0.3) is 0 Å². The van der Waals surface area contributed by atoms with Crippen LogP contribution in [0, 0.1) is 0 Å². The quantitative estimate of drug-likeness (QED) is 0.166. The average Bonchev–Trinajstić information content (AvgIpc) is 3.64. The second kappa shape index (κ2) is 13.4. The van der Waals surface area contributed by atoms with E-state index in [1.165, 1.54) is 38.8 Å². The summed E-state index contributed by atoms with van der Waals surface area (Å²) in [7, 11) is 0. The molecule has 1 aromatic heterocycles. The summed E-state index contributed by atoms with van der Waals surface area (Å²) in [5.74, 6) is 0. The second-order valence-electron chi connectivity index (χ2n) is 13.7. The summed E-state index contributed by atoms with van der Waals surface area (Å²) in [6.45, 7) is 0. The van der Waals surface area contributed by atoms with E-state index in [4.69, 9.17) is 4.42 Å². The molecule has 0 saturated heterocycles. The van der Waals surface area contributed by atoms with Crippen molar-refractivity contribution in [2.45, 2.75) is 0 Å². The van der Waals surface area contributed by atoms with Crippen molar-refractivity contribution in [2.24, 2.45) is 0 Å². The van der Waals surface area contributed by atoms with E-state index in [9.17, 15) is 0 Å². The van der Waals surface area contributed by atoms with Gasteiger partial charge in [0.1, 0.15) is 5.58 Å². The van der Waals surface area contributed by atoms with E-state index in [0.717, 1.165) is 55.5 Å². The Bertz CT molecular complexity index is 2800. The molecule has 0 N–H and O–H groups in total. The van der Waals surface area contributed by atoms with Gasteiger partial charge in [-0.25, -0.2) is 0 Å². The highest BCUT2D eigenvalue weighted by atomic mass is 16.3. The fourth-order valence-electron chi connectivity index (χ4n) is 7.85. The first-order valence-corrected chi connectivity index (χ1v) is 18.4. The molecule has 10 rings (SSSR count). The number of hydrogen-bond acceptors (Lipinski definition) is 2. The van der Waals surface area contributed by atoms with Crippen molar-refractivity contribution in [3.05, 3.63) is 212 Å². The summed E-state index contributed by atoms with van der Waals surface area (Å²) in [5, 5.41) is 4.45. The van der Waals surface area contributed by atoms with Crippen LogP contribution in [0.25, 0.3) is 77.2 Å². The lowest BCUT2D eigenvalue weighted by atomic mass is 9.94. The van der Waals surface area contributed by atoms with Crippen LogP contribution in [0.2, 0.25) is 0 Å². The highest BCUT2D eigenvalue weighted by Crippen LogP contribution is 2.49. The van der Waals surface area contributed by atoms with E-state index in [-0.39, 0.29) is 0 Å². The SMILES string of the molecule is c1ccc(-c2ccc(N(c3ccc(-c4ccccc4)cc3)c3c(-c4ccccc4)ccc4c3oc3c5ccccc5c(-c5ccccc5)cc43)cc2)cc1. The molecule has 254 valence electrons. The predicted octanol–water partition coefficient (Wildman–Crippen LogP) is 14.9. The molecule has 0 aliphatic carbocycles. The molecule has 2 nitrogen and oxygen atoms in total. The van der Waals surface area contributed by atoms with E-state index >= 15 is 0 Å². The third kappa shape index (κ3) is 5.53. The summed E-state index contributed by atoms with van der Waals surface area (Å²) in [6.07, 6.45) is 0. The van der Waals surface area contributed by atoms with Gasteiger partial charge in [0.2, 0.25) is 0 Å². The van der Waals surface area contributed by atoms with Crippen LogP contribution in [0.3, 0.4) is 0 Å². The number of furan rings is 1. The molecule has 10 aromatic rings. The molecular weight excluding hydrogens is 655 g/mol. The van der Waals surface area contributed by atoms with Crippen LogP contribution in [0.15, 0.2) is 217 Å². The monoisotopic (exact) mass is 689 g/mol. The van der Waals surface area contributed by atoms with Gasteiger partial charge in [-0.05, 0) is 80.7 Å². The Labute approximate surface area is 314 Å². The molecule has 0 fully saturated rings. The summed E-state index contributed by atoms with van der Waals surface area (Å²) < 4.78 is 7.22. The highest BCUT2D eigenvalue weighted by molar-refractivity contribution is 6.22. The average molecular weight is 690 g/mol. The number of anilines is 3. The smallest absolute Gasteiger partial charge is 0.160 e. The molecule has 0 aliphatic heterocycles. The molecule has 1 heterocycles. The zero-order valence-electron chi connectivity index (χ0n) is 29.6. The Morgan fingerprint density at radius 3 is 1.20 bits per heavy atom. The first kappa shape index (κ1) is 31.6. The van der Waals surface area contributed by atoms with Crippen LogP contribution < -0.4 is 4.90 Å². The maximum atomic E-state index is 7.22. The maximum Gasteiger partial charge on any atom is 0.160 e.